The lowest BCUT2D eigenvalue weighted by Gasteiger charge is -2.35. The van der Waals surface area contributed by atoms with Crippen molar-refractivity contribution in [1.29, 1.82) is 0 Å². The fourth-order valence-corrected chi connectivity index (χ4v) is 8.29. The lowest BCUT2D eigenvalue weighted by Crippen LogP contribution is -2.58. The van der Waals surface area contributed by atoms with Gasteiger partial charge >= 0.3 is 0 Å². The standard InChI is InChI=1S/C38H55N5O6S/c1-26(2)50(48)24-30(20-29-13-8-12-28-11-6-7-14-32(28)29)37(46)42-34(21-31-22-39-25-40-31)38(47)41-33(19-27-9-4-3-5-10-27)36(45)35(44)23-43-15-17-49-18-16-43/h6-8,11-14,22,25-27,30,33-36,44-45H,3-5,9-10,15-21,23-24H2,1-2H3,(H,39,40)(H,41,47)(H,42,46)/t30-,33+,34+,35+,36-,50?/m1/s1. The Morgan fingerprint density at radius 2 is 1.76 bits per heavy atom. The molecule has 1 aromatic heterocycles. The van der Waals surface area contributed by atoms with Gasteiger partial charge < -0.3 is 35.1 Å². The van der Waals surface area contributed by atoms with E-state index in [4.69, 9.17) is 4.74 Å². The van der Waals surface area contributed by atoms with E-state index in [1.165, 1.54) is 12.7 Å². The number of nitrogens with one attached hydrogen (secondary N) is 3. The summed E-state index contributed by atoms with van der Waals surface area (Å²) in [5.41, 5.74) is 1.57. The molecule has 2 aliphatic rings. The van der Waals surface area contributed by atoms with E-state index in [0.29, 0.717) is 50.8 Å². The number of hydrogen-bond donors (Lipinski definition) is 5. The summed E-state index contributed by atoms with van der Waals surface area (Å²) in [4.78, 5) is 37.7. The molecule has 3 aromatic rings. The number of hydrogen-bond acceptors (Lipinski definition) is 8. The summed E-state index contributed by atoms with van der Waals surface area (Å²) in [6.07, 6.45) is 7.36. The quantitative estimate of drug-likeness (QED) is 0.134. The number of amides is 2. The first kappa shape index (κ1) is 38.2. The topological polar surface area (TPSA) is 163 Å². The van der Waals surface area contributed by atoms with Crippen LogP contribution in [0.25, 0.3) is 10.8 Å². The van der Waals surface area contributed by atoms with Gasteiger partial charge in [-0.25, -0.2) is 4.98 Å². The van der Waals surface area contributed by atoms with Crippen LogP contribution in [0.3, 0.4) is 0 Å². The van der Waals surface area contributed by atoms with Crippen molar-refractivity contribution in [2.45, 2.75) is 94.8 Å². The number of aliphatic hydroxyl groups is 2. The molecule has 6 atom stereocenters. The molecule has 1 saturated carbocycles. The maximum absolute atomic E-state index is 14.2. The minimum absolute atomic E-state index is 0.123. The smallest absolute Gasteiger partial charge is 0.243 e. The minimum Gasteiger partial charge on any atom is -0.616 e. The number of benzene rings is 2. The third-order valence-electron chi connectivity index (χ3n) is 10.2. The maximum Gasteiger partial charge on any atom is 0.243 e. The minimum atomic E-state index is -1.27. The Balaban J connectivity index is 1.36. The number of carbonyl (C=O) groups is 2. The molecular formula is C38H55N5O6S. The van der Waals surface area contributed by atoms with Crippen molar-refractivity contribution in [3.8, 4) is 0 Å². The monoisotopic (exact) mass is 709 g/mol. The summed E-state index contributed by atoms with van der Waals surface area (Å²) < 4.78 is 18.6. The average Bonchev–Trinajstić information content (AvgIpc) is 3.64. The Hall–Kier alpha value is -3.00. The van der Waals surface area contributed by atoms with Crippen molar-refractivity contribution < 1.29 is 29.1 Å². The summed E-state index contributed by atoms with van der Waals surface area (Å²) in [6, 6.07) is 12.3. The second kappa shape index (κ2) is 19.0. The van der Waals surface area contributed by atoms with Crippen LogP contribution < -0.4 is 10.6 Å². The number of aromatic amines is 1. The van der Waals surface area contributed by atoms with Gasteiger partial charge in [0, 0.05) is 32.3 Å². The van der Waals surface area contributed by atoms with E-state index in [2.05, 4.69) is 25.5 Å². The van der Waals surface area contributed by atoms with Crippen LogP contribution in [0, 0.1) is 11.8 Å². The number of fused-ring (bicyclic) bond motifs is 1. The molecule has 2 heterocycles. The molecule has 1 aliphatic heterocycles. The number of morpholine rings is 1. The van der Waals surface area contributed by atoms with Gasteiger partial charge in [0.2, 0.25) is 11.8 Å². The summed E-state index contributed by atoms with van der Waals surface area (Å²) in [6.45, 7) is 6.52. The first-order valence-corrected chi connectivity index (χ1v) is 19.6. The number of β-amino-alcohol motifs (C(OH)–C–C–N with tert-alkyl or cyclic N) is 1. The van der Waals surface area contributed by atoms with E-state index in [1.807, 2.05) is 56.3 Å². The van der Waals surface area contributed by atoms with E-state index in [1.54, 1.807) is 6.20 Å². The molecule has 2 amide bonds. The third kappa shape index (κ3) is 11.0. The van der Waals surface area contributed by atoms with Gasteiger partial charge in [0.25, 0.3) is 0 Å². The summed E-state index contributed by atoms with van der Waals surface area (Å²) in [5, 5.41) is 30.8. The Morgan fingerprint density at radius 1 is 1.02 bits per heavy atom. The molecule has 274 valence electrons. The fraction of sp³-hybridized carbons (Fsp3) is 0.605. The number of ether oxygens (including phenoxy) is 1. The lowest BCUT2D eigenvalue weighted by molar-refractivity contribution is -0.132. The van der Waals surface area contributed by atoms with Crippen LogP contribution in [-0.2, 0) is 38.3 Å². The zero-order valence-corrected chi connectivity index (χ0v) is 30.3. The second-order valence-electron chi connectivity index (χ2n) is 14.3. The number of H-pyrrole nitrogens is 1. The highest BCUT2D eigenvalue weighted by Crippen LogP contribution is 2.29. The molecule has 5 rings (SSSR count). The number of carbonyl (C=O) groups excluding carboxylic acids is 2. The van der Waals surface area contributed by atoms with Gasteiger partial charge in [0.15, 0.2) is 0 Å². The zero-order valence-electron chi connectivity index (χ0n) is 29.5. The molecule has 1 saturated heterocycles. The van der Waals surface area contributed by atoms with E-state index >= 15 is 0 Å². The van der Waals surface area contributed by atoms with Crippen LogP contribution in [-0.4, -0.2) is 110 Å². The number of nitrogens with zero attached hydrogens (tertiary/aromatic N) is 2. The van der Waals surface area contributed by atoms with Gasteiger partial charge in [-0.3, -0.25) is 14.5 Å². The largest absolute Gasteiger partial charge is 0.616 e. The van der Waals surface area contributed by atoms with E-state index < -0.39 is 47.3 Å². The van der Waals surface area contributed by atoms with Crippen molar-refractivity contribution in [2.24, 2.45) is 11.8 Å². The van der Waals surface area contributed by atoms with E-state index in [9.17, 15) is 24.4 Å². The predicted octanol–water partition coefficient (Wildman–Crippen LogP) is 3.12. The highest BCUT2D eigenvalue weighted by atomic mass is 32.2. The molecule has 2 aromatic carbocycles. The lowest BCUT2D eigenvalue weighted by atomic mass is 9.83. The van der Waals surface area contributed by atoms with Crippen LogP contribution in [0.15, 0.2) is 55.0 Å². The molecule has 5 N–H and O–H groups in total. The van der Waals surface area contributed by atoms with Crippen molar-refractivity contribution in [3.05, 3.63) is 66.2 Å². The van der Waals surface area contributed by atoms with Crippen molar-refractivity contribution in [1.82, 2.24) is 25.5 Å². The van der Waals surface area contributed by atoms with Crippen molar-refractivity contribution >= 4 is 33.8 Å². The molecule has 0 radical (unpaired) electrons. The normalized spacial score (nSPS) is 19.8. The van der Waals surface area contributed by atoms with E-state index in [0.717, 1.165) is 42.0 Å². The Labute approximate surface area is 299 Å². The molecular weight excluding hydrogens is 655 g/mol. The number of aliphatic hydroxyl groups excluding tert-OH is 2. The molecule has 11 nitrogen and oxygen atoms in total. The molecule has 0 spiro atoms. The van der Waals surface area contributed by atoms with Gasteiger partial charge in [0.1, 0.15) is 23.1 Å². The van der Waals surface area contributed by atoms with Crippen LogP contribution in [0.1, 0.15) is 63.6 Å². The fourth-order valence-electron chi connectivity index (χ4n) is 7.24. The molecule has 50 heavy (non-hydrogen) atoms. The number of imidazole rings is 1. The average molecular weight is 710 g/mol. The summed E-state index contributed by atoms with van der Waals surface area (Å²) >= 11 is -1.27. The molecule has 1 aliphatic carbocycles. The van der Waals surface area contributed by atoms with Crippen molar-refractivity contribution in [2.75, 3.05) is 38.6 Å². The van der Waals surface area contributed by atoms with E-state index in [-0.39, 0.29) is 29.9 Å². The Kier molecular flexibility index (Phi) is 14.5. The highest BCUT2D eigenvalue weighted by Gasteiger charge is 2.35. The summed E-state index contributed by atoms with van der Waals surface area (Å²) in [7, 11) is 0. The van der Waals surface area contributed by atoms with Crippen LogP contribution in [0.2, 0.25) is 0 Å². The van der Waals surface area contributed by atoms with Crippen LogP contribution in [0.5, 0.6) is 0 Å². The van der Waals surface area contributed by atoms with Crippen LogP contribution in [0.4, 0.5) is 0 Å². The maximum atomic E-state index is 14.2. The van der Waals surface area contributed by atoms with Gasteiger partial charge in [-0.15, -0.1) is 0 Å². The molecule has 12 heteroatoms. The Bertz CT molecular complexity index is 1470. The van der Waals surface area contributed by atoms with Gasteiger partial charge in [-0.1, -0.05) is 85.7 Å². The predicted molar refractivity (Wildman–Crippen MR) is 196 cm³/mol. The van der Waals surface area contributed by atoms with Gasteiger partial charge in [-0.2, -0.15) is 0 Å². The molecule has 1 unspecified atom stereocenters. The molecule has 2 fully saturated rings. The Morgan fingerprint density at radius 3 is 2.48 bits per heavy atom. The summed E-state index contributed by atoms with van der Waals surface area (Å²) in [5.74, 6) is -1.000. The van der Waals surface area contributed by atoms with Gasteiger partial charge in [-0.05, 0) is 48.9 Å². The molecule has 0 bridgehead atoms. The first-order valence-electron chi connectivity index (χ1n) is 18.3. The first-order chi connectivity index (χ1) is 24.2. The van der Waals surface area contributed by atoms with Crippen LogP contribution >= 0.6 is 0 Å². The zero-order chi connectivity index (χ0) is 35.5. The second-order valence-corrected chi connectivity index (χ2v) is 16.3. The number of aromatic nitrogens is 2. The number of rotatable bonds is 17. The van der Waals surface area contributed by atoms with Crippen molar-refractivity contribution in [3.63, 3.8) is 0 Å². The SMILES string of the molecule is CC(C)[S+]([O-])C[C@@H](Cc1cccc2ccccc12)C(=O)N[C@@H](Cc1c[nH]cn1)C(=O)N[C@@H](CC1CCCCC1)[C@@H](O)[C@@H](O)CN1CCOCC1. The highest BCUT2D eigenvalue weighted by molar-refractivity contribution is 7.92. The third-order valence-corrected chi connectivity index (χ3v) is 12.0. The van der Waals surface area contributed by atoms with Gasteiger partial charge in [0.05, 0.1) is 43.3 Å².